The molecule has 1 heterocycles. The van der Waals surface area contributed by atoms with E-state index in [0.717, 1.165) is 40.7 Å². The molecule has 1 aromatic heterocycles. The number of nitrogens with one attached hydrogen (secondary N) is 1. The Balaban J connectivity index is 1.26. The van der Waals surface area contributed by atoms with E-state index in [0.29, 0.717) is 41.3 Å². The van der Waals surface area contributed by atoms with Crippen LogP contribution in [-0.4, -0.2) is 39.1 Å². The van der Waals surface area contributed by atoms with Crippen molar-refractivity contribution in [2.75, 3.05) is 18.9 Å². The number of rotatable bonds is 13. The zero-order valence-electron chi connectivity index (χ0n) is 19.9. The van der Waals surface area contributed by atoms with Crippen LogP contribution in [0.2, 0.25) is 10.0 Å². The molecule has 4 aromatic rings. The molecule has 4 rings (SSSR count). The highest BCUT2D eigenvalue weighted by Gasteiger charge is 2.13. The van der Waals surface area contributed by atoms with Gasteiger partial charge in [-0.3, -0.25) is 0 Å². The van der Waals surface area contributed by atoms with Gasteiger partial charge in [0.25, 0.3) is 0 Å². The van der Waals surface area contributed by atoms with Crippen LogP contribution in [0.1, 0.15) is 24.5 Å². The molecule has 0 aliphatic rings. The molecule has 0 bridgehead atoms. The van der Waals surface area contributed by atoms with Crippen LogP contribution in [0, 0.1) is 0 Å². The van der Waals surface area contributed by atoms with Crippen LogP contribution in [-0.2, 0) is 13.2 Å². The molecule has 0 aliphatic heterocycles. The molecule has 7 nitrogen and oxygen atoms in total. The first-order valence-corrected chi connectivity index (χ1v) is 13.4. The van der Waals surface area contributed by atoms with E-state index in [9.17, 15) is 0 Å². The van der Waals surface area contributed by atoms with Crippen LogP contribution in [0.15, 0.2) is 71.9 Å². The van der Waals surface area contributed by atoms with Crippen LogP contribution in [0.25, 0.3) is 5.69 Å². The van der Waals surface area contributed by atoms with Crippen molar-refractivity contribution in [3.63, 3.8) is 0 Å². The van der Waals surface area contributed by atoms with Gasteiger partial charge < -0.3 is 14.8 Å². The molecule has 188 valence electrons. The van der Waals surface area contributed by atoms with E-state index in [1.807, 2.05) is 73.7 Å². The summed E-state index contributed by atoms with van der Waals surface area (Å²) >= 11 is 14.2. The third-order valence-electron chi connectivity index (χ3n) is 5.17. The van der Waals surface area contributed by atoms with Gasteiger partial charge >= 0.3 is 0 Å². The summed E-state index contributed by atoms with van der Waals surface area (Å²) in [5.74, 6) is 2.08. The summed E-state index contributed by atoms with van der Waals surface area (Å²) in [6, 6.07) is 21.3. The lowest BCUT2D eigenvalue weighted by molar-refractivity contribution is 0.269. The summed E-state index contributed by atoms with van der Waals surface area (Å²) in [7, 11) is 0. The van der Waals surface area contributed by atoms with E-state index >= 15 is 0 Å². The average molecular weight is 545 g/mol. The molecule has 0 atom stereocenters. The lowest BCUT2D eigenvalue weighted by Crippen LogP contribution is -2.15. The molecule has 0 saturated carbocycles. The van der Waals surface area contributed by atoms with Gasteiger partial charge in [-0.1, -0.05) is 65.3 Å². The van der Waals surface area contributed by atoms with Crippen LogP contribution >= 0.6 is 35.0 Å². The minimum atomic E-state index is 0.375. The van der Waals surface area contributed by atoms with Gasteiger partial charge in [0.15, 0.2) is 11.5 Å². The Bertz CT molecular complexity index is 1240. The second kappa shape index (κ2) is 13.5. The summed E-state index contributed by atoms with van der Waals surface area (Å²) in [6.45, 7) is 4.34. The third kappa shape index (κ3) is 7.36. The van der Waals surface area contributed by atoms with Crippen molar-refractivity contribution in [2.24, 2.45) is 0 Å². The molecule has 0 aliphatic carbocycles. The van der Waals surface area contributed by atoms with E-state index < -0.39 is 0 Å². The first kappa shape index (κ1) is 26.3. The normalized spacial score (nSPS) is 11.0. The monoisotopic (exact) mass is 543 g/mol. The molecule has 10 heteroatoms. The molecule has 3 aromatic carbocycles. The number of hydrogen-bond acceptors (Lipinski definition) is 7. The number of nitrogens with zero attached hydrogens (tertiary/aromatic N) is 4. The highest BCUT2D eigenvalue weighted by atomic mass is 35.5. The summed E-state index contributed by atoms with van der Waals surface area (Å²) in [5.41, 5.74) is 2.98. The Morgan fingerprint density at radius 3 is 2.56 bits per heavy atom. The fourth-order valence-electron chi connectivity index (χ4n) is 3.46. The number of halogens is 2. The maximum Gasteiger partial charge on any atom is 0.214 e. The van der Waals surface area contributed by atoms with E-state index in [2.05, 4.69) is 20.8 Å². The molecule has 36 heavy (non-hydrogen) atoms. The Hall–Kier alpha value is -2.78. The van der Waals surface area contributed by atoms with Crippen LogP contribution in [0.5, 0.6) is 11.5 Å². The molecule has 0 spiro atoms. The topological polar surface area (TPSA) is 74.1 Å². The minimum Gasteiger partial charge on any atom is -0.490 e. The molecule has 0 saturated heterocycles. The van der Waals surface area contributed by atoms with Gasteiger partial charge in [-0.15, -0.1) is 5.10 Å². The molecule has 1 N–H and O–H groups in total. The van der Waals surface area contributed by atoms with Gasteiger partial charge in [-0.2, -0.15) is 4.68 Å². The van der Waals surface area contributed by atoms with Crippen molar-refractivity contribution in [2.45, 2.75) is 31.7 Å². The standard InChI is InChI=1S/C26H27Cl2N5O2S/c1-2-34-24-16-20(15-23(28)25(24)35-18-19-9-11-21(27)12-10-19)17-29-13-6-14-36-26-30-31-32-33(26)22-7-4-3-5-8-22/h3-5,7-12,15-16,29H,2,6,13-14,17-18H2,1H3. The first-order chi connectivity index (χ1) is 17.6. The zero-order valence-corrected chi connectivity index (χ0v) is 22.2. The van der Waals surface area contributed by atoms with Crippen molar-refractivity contribution in [3.8, 4) is 17.2 Å². The van der Waals surface area contributed by atoms with E-state index in [4.69, 9.17) is 32.7 Å². The fourth-order valence-corrected chi connectivity index (χ4v) is 4.70. The average Bonchev–Trinajstić information content (AvgIpc) is 3.36. The molecular weight excluding hydrogens is 517 g/mol. The zero-order chi connectivity index (χ0) is 25.2. The Morgan fingerprint density at radius 2 is 1.78 bits per heavy atom. The van der Waals surface area contributed by atoms with Gasteiger partial charge in [0.2, 0.25) is 5.16 Å². The fraction of sp³-hybridized carbons (Fsp3) is 0.269. The predicted molar refractivity (Wildman–Crippen MR) is 145 cm³/mol. The number of para-hydroxylation sites is 1. The summed E-state index contributed by atoms with van der Waals surface area (Å²) in [6.07, 6.45) is 0.959. The predicted octanol–water partition coefficient (Wildman–Crippen LogP) is 6.22. The number of ether oxygens (including phenoxy) is 2. The SMILES string of the molecule is CCOc1cc(CNCCCSc2nnnn2-c2ccccc2)cc(Cl)c1OCc1ccc(Cl)cc1. The van der Waals surface area contributed by atoms with E-state index in [1.54, 1.807) is 16.4 Å². The van der Waals surface area contributed by atoms with E-state index in [-0.39, 0.29) is 0 Å². The molecule has 0 radical (unpaired) electrons. The number of aromatic nitrogens is 4. The molecule has 0 unspecified atom stereocenters. The van der Waals surface area contributed by atoms with E-state index in [1.165, 1.54) is 0 Å². The highest BCUT2D eigenvalue weighted by molar-refractivity contribution is 7.99. The lowest BCUT2D eigenvalue weighted by Gasteiger charge is -2.16. The number of tetrazole rings is 1. The quantitative estimate of drug-likeness (QED) is 0.158. The smallest absolute Gasteiger partial charge is 0.214 e. The van der Waals surface area contributed by atoms with Gasteiger partial charge in [0.1, 0.15) is 6.61 Å². The maximum absolute atomic E-state index is 6.57. The van der Waals surface area contributed by atoms with Gasteiger partial charge in [0.05, 0.1) is 17.3 Å². The summed E-state index contributed by atoms with van der Waals surface area (Å²) in [4.78, 5) is 0. The lowest BCUT2D eigenvalue weighted by atomic mass is 10.2. The number of thioether (sulfide) groups is 1. The first-order valence-electron chi connectivity index (χ1n) is 11.6. The minimum absolute atomic E-state index is 0.375. The van der Waals surface area contributed by atoms with Crippen LogP contribution < -0.4 is 14.8 Å². The van der Waals surface area contributed by atoms with Gasteiger partial charge in [-0.25, -0.2) is 0 Å². The Kier molecular flexibility index (Phi) is 9.86. The van der Waals surface area contributed by atoms with Crippen molar-refractivity contribution in [1.82, 2.24) is 25.5 Å². The third-order valence-corrected chi connectivity index (χ3v) is 6.70. The summed E-state index contributed by atoms with van der Waals surface area (Å²) < 4.78 is 13.6. The summed E-state index contributed by atoms with van der Waals surface area (Å²) in [5, 5.41) is 17.5. The van der Waals surface area contributed by atoms with Crippen LogP contribution in [0.3, 0.4) is 0 Å². The molecular formula is C26H27Cl2N5O2S. The largest absolute Gasteiger partial charge is 0.490 e. The Labute approximate surface area is 225 Å². The van der Waals surface area contributed by atoms with Gasteiger partial charge in [0, 0.05) is 17.3 Å². The van der Waals surface area contributed by atoms with Crippen molar-refractivity contribution >= 4 is 35.0 Å². The van der Waals surface area contributed by atoms with Crippen molar-refractivity contribution < 1.29 is 9.47 Å². The second-order valence-corrected chi connectivity index (χ2v) is 9.75. The second-order valence-electron chi connectivity index (χ2n) is 7.84. The van der Waals surface area contributed by atoms with Crippen molar-refractivity contribution in [1.29, 1.82) is 0 Å². The molecule has 0 fully saturated rings. The Morgan fingerprint density at radius 1 is 0.972 bits per heavy atom. The number of hydrogen-bond donors (Lipinski definition) is 1. The van der Waals surface area contributed by atoms with Crippen molar-refractivity contribution in [3.05, 3.63) is 87.9 Å². The van der Waals surface area contributed by atoms with Crippen LogP contribution in [0.4, 0.5) is 0 Å². The highest BCUT2D eigenvalue weighted by Crippen LogP contribution is 2.37. The van der Waals surface area contributed by atoms with Gasteiger partial charge in [-0.05, 0) is 77.8 Å². The maximum atomic E-state index is 6.57. The number of benzene rings is 3. The molecule has 0 amide bonds.